The first kappa shape index (κ1) is 25.4. The smallest absolute Gasteiger partial charge is 0.355 e. The van der Waals surface area contributed by atoms with E-state index in [9.17, 15) is 19.2 Å². The molecular formula is C23H20ClN5O8. The van der Waals surface area contributed by atoms with E-state index < -0.39 is 29.4 Å². The van der Waals surface area contributed by atoms with Crippen LogP contribution in [0.5, 0.6) is 0 Å². The first-order valence-electron chi connectivity index (χ1n) is 10.6. The van der Waals surface area contributed by atoms with Gasteiger partial charge in [-0.3, -0.25) is 4.40 Å². The van der Waals surface area contributed by atoms with Gasteiger partial charge in [-0.2, -0.15) is 9.78 Å². The summed E-state index contributed by atoms with van der Waals surface area (Å²) in [6.07, 6.45) is 1.17. The number of esters is 4. The summed E-state index contributed by atoms with van der Waals surface area (Å²) >= 11 is 6.23. The maximum atomic E-state index is 13.1. The topological polar surface area (TPSA) is 166 Å². The fourth-order valence-corrected chi connectivity index (χ4v) is 4.06. The number of aromatic nitrogens is 4. The first-order chi connectivity index (χ1) is 17.7. The van der Waals surface area contributed by atoms with Crippen LogP contribution in [0.25, 0.3) is 22.4 Å². The Balaban J connectivity index is 2.29. The van der Waals surface area contributed by atoms with Crippen LogP contribution in [0, 0.1) is 0 Å². The van der Waals surface area contributed by atoms with E-state index in [4.69, 9.17) is 36.3 Å². The number of nitrogens with zero attached hydrogens (tertiary/aromatic N) is 4. The van der Waals surface area contributed by atoms with Crippen molar-refractivity contribution in [3.63, 3.8) is 0 Å². The molecule has 0 fully saturated rings. The molecule has 0 atom stereocenters. The Morgan fingerprint density at radius 2 is 1.62 bits per heavy atom. The number of carbonyl (C=O) groups is 4. The van der Waals surface area contributed by atoms with Gasteiger partial charge in [0.25, 0.3) is 0 Å². The number of nitrogen functional groups attached to an aromatic ring is 1. The molecule has 192 valence electrons. The highest BCUT2D eigenvalue weighted by atomic mass is 35.5. The molecule has 4 rings (SSSR count). The Labute approximate surface area is 213 Å². The van der Waals surface area contributed by atoms with Crippen LogP contribution < -0.4 is 5.73 Å². The van der Waals surface area contributed by atoms with Gasteiger partial charge < -0.3 is 24.7 Å². The quantitative estimate of drug-likeness (QED) is 0.288. The van der Waals surface area contributed by atoms with Gasteiger partial charge in [0.1, 0.15) is 33.7 Å². The fourth-order valence-electron chi connectivity index (χ4n) is 3.89. The van der Waals surface area contributed by atoms with Gasteiger partial charge in [0.05, 0.1) is 45.2 Å². The van der Waals surface area contributed by atoms with Crippen molar-refractivity contribution in [3.8, 4) is 5.82 Å². The second kappa shape index (κ2) is 9.78. The van der Waals surface area contributed by atoms with E-state index >= 15 is 0 Å². The molecule has 3 heterocycles. The van der Waals surface area contributed by atoms with Gasteiger partial charge >= 0.3 is 23.9 Å². The third kappa shape index (κ3) is 3.98. The molecule has 2 N–H and O–H groups in total. The molecule has 14 heteroatoms. The third-order valence-electron chi connectivity index (χ3n) is 5.45. The normalized spacial score (nSPS) is 10.9. The molecule has 0 unspecified atom stereocenters. The standard InChI is InChI=1S/C23H20ClN5O8/c1-5-37-20(30)11-9-26-29(18(11)25)19-16-14(21(31)34-2)15(22(32)35-3)17(23(33)36-4)28(16)13-8-10(24)6-7-12(13)27-19/h6-9H,5,25H2,1-4H3. The van der Waals surface area contributed by atoms with E-state index in [-0.39, 0.29) is 56.6 Å². The monoisotopic (exact) mass is 529 g/mol. The van der Waals surface area contributed by atoms with E-state index in [1.807, 2.05) is 0 Å². The zero-order valence-electron chi connectivity index (χ0n) is 20.0. The number of halogens is 1. The van der Waals surface area contributed by atoms with Crippen LogP contribution in [-0.2, 0) is 18.9 Å². The molecule has 0 aliphatic carbocycles. The molecule has 0 saturated carbocycles. The number of methoxy groups -OCH3 is 3. The molecule has 0 radical (unpaired) electrons. The van der Waals surface area contributed by atoms with Crippen LogP contribution in [-0.4, -0.2) is 71.0 Å². The van der Waals surface area contributed by atoms with Crippen molar-refractivity contribution in [2.24, 2.45) is 0 Å². The number of carbonyl (C=O) groups excluding carboxylic acids is 4. The highest BCUT2D eigenvalue weighted by Crippen LogP contribution is 2.35. The molecular weight excluding hydrogens is 510 g/mol. The van der Waals surface area contributed by atoms with Crippen LogP contribution in [0.2, 0.25) is 5.02 Å². The van der Waals surface area contributed by atoms with Gasteiger partial charge in [0, 0.05) is 5.02 Å². The average Bonchev–Trinajstić information content (AvgIpc) is 3.46. The number of rotatable bonds is 6. The fraction of sp³-hybridized carbons (Fsp3) is 0.217. The number of ether oxygens (including phenoxy) is 4. The van der Waals surface area contributed by atoms with Gasteiger partial charge in [0.2, 0.25) is 0 Å². The van der Waals surface area contributed by atoms with E-state index in [0.29, 0.717) is 0 Å². The molecule has 0 aliphatic rings. The Morgan fingerprint density at radius 1 is 0.973 bits per heavy atom. The molecule has 0 spiro atoms. The lowest BCUT2D eigenvalue weighted by atomic mass is 10.1. The van der Waals surface area contributed by atoms with Crippen LogP contribution >= 0.6 is 11.6 Å². The minimum absolute atomic E-state index is 0.0643. The average molecular weight is 530 g/mol. The summed E-state index contributed by atoms with van der Waals surface area (Å²) in [5.41, 5.74) is 5.42. The van der Waals surface area contributed by atoms with E-state index in [2.05, 4.69) is 10.1 Å². The first-order valence-corrected chi connectivity index (χ1v) is 11.0. The highest BCUT2D eigenvalue weighted by Gasteiger charge is 2.37. The van der Waals surface area contributed by atoms with Crippen LogP contribution in [0.4, 0.5) is 5.82 Å². The maximum Gasteiger partial charge on any atom is 0.355 e. The number of anilines is 1. The Bertz CT molecular complexity index is 1610. The summed E-state index contributed by atoms with van der Waals surface area (Å²) in [6, 6.07) is 4.57. The number of nitrogens with two attached hydrogens (primary N) is 1. The van der Waals surface area contributed by atoms with E-state index in [0.717, 1.165) is 26.0 Å². The van der Waals surface area contributed by atoms with Crippen LogP contribution in [0.15, 0.2) is 24.4 Å². The predicted molar refractivity (Wildman–Crippen MR) is 129 cm³/mol. The Hall–Kier alpha value is -4.65. The molecule has 13 nitrogen and oxygen atoms in total. The second-order valence-electron chi connectivity index (χ2n) is 7.40. The highest BCUT2D eigenvalue weighted by molar-refractivity contribution is 6.31. The summed E-state index contributed by atoms with van der Waals surface area (Å²) in [4.78, 5) is 56.0. The van der Waals surface area contributed by atoms with Gasteiger partial charge in [-0.05, 0) is 25.1 Å². The number of fused-ring (bicyclic) bond motifs is 3. The predicted octanol–water partition coefficient (Wildman–Crippen LogP) is 2.45. The summed E-state index contributed by atoms with van der Waals surface area (Å²) in [5.74, 6) is -3.99. The third-order valence-corrected chi connectivity index (χ3v) is 5.68. The van der Waals surface area contributed by atoms with Crippen LogP contribution in [0.1, 0.15) is 48.5 Å². The Morgan fingerprint density at radius 3 is 2.24 bits per heavy atom. The molecule has 1 aromatic carbocycles. The van der Waals surface area contributed by atoms with Crippen molar-refractivity contribution in [2.45, 2.75) is 6.92 Å². The zero-order chi connectivity index (χ0) is 27.0. The van der Waals surface area contributed by atoms with Gasteiger partial charge in [-0.15, -0.1) is 0 Å². The van der Waals surface area contributed by atoms with Crippen molar-refractivity contribution in [2.75, 3.05) is 33.7 Å². The number of benzene rings is 1. The van der Waals surface area contributed by atoms with Crippen molar-refractivity contribution in [1.29, 1.82) is 0 Å². The summed E-state index contributed by atoms with van der Waals surface area (Å²) in [5, 5.41) is 4.44. The molecule has 0 saturated heterocycles. The second-order valence-corrected chi connectivity index (χ2v) is 7.84. The van der Waals surface area contributed by atoms with Gasteiger partial charge in [-0.25, -0.2) is 24.2 Å². The lowest BCUT2D eigenvalue weighted by Crippen LogP contribution is -2.15. The Kier molecular flexibility index (Phi) is 6.72. The van der Waals surface area contributed by atoms with Crippen LogP contribution in [0.3, 0.4) is 0 Å². The maximum absolute atomic E-state index is 13.1. The van der Waals surface area contributed by atoms with Crippen molar-refractivity contribution < 1.29 is 38.1 Å². The lowest BCUT2D eigenvalue weighted by molar-refractivity contribution is 0.0525. The number of hydrogen-bond donors (Lipinski definition) is 1. The van der Waals surface area contributed by atoms with Gasteiger partial charge in [-0.1, -0.05) is 11.6 Å². The lowest BCUT2D eigenvalue weighted by Gasteiger charge is -2.12. The van der Waals surface area contributed by atoms with E-state index in [1.165, 1.54) is 16.7 Å². The SMILES string of the molecule is CCOC(=O)c1cnn(-c2nc3ccc(Cl)cc3n3c(C(=O)OC)c(C(=O)OC)c(C(=O)OC)c23)c1N. The van der Waals surface area contributed by atoms with Crippen molar-refractivity contribution in [3.05, 3.63) is 51.8 Å². The van der Waals surface area contributed by atoms with Crippen molar-refractivity contribution in [1.82, 2.24) is 19.2 Å². The van der Waals surface area contributed by atoms with Gasteiger partial charge in [0.15, 0.2) is 5.82 Å². The minimum Gasteiger partial charge on any atom is -0.465 e. The summed E-state index contributed by atoms with van der Waals surface area (Å²) < 4.78 is 22.1. The zero-order valence-corrected chi connectivity index (χ0v) is 20.8. The largest absolute Gasteiger partial charge is 0.465 e. The summed E-state index contributed by atoms with van der Waals surface area (Å²) in [6.45, 7) is 1.73. The van der Waals surface area contributed by atoms with Crippen molar-refractivity contribution >= 4 is 57.8 Å². The number of hydrogen-bond acceptors (Lipinski definition) is 11. The molecule has 0 aliphatic heterocycles. The molecule has 0 bridgehead atoms. The minimum atomic E-state index is -1.02. The summed E-state index contributed by atoms with van der Waals surface area (Å²) in [7, 11) is 3.28. The molecule has 37 heavy (non-hydrogen) atoms. The molecule has 4 aromatic rings. The molecule has 3 aromatic heterocycles. The molecule has 0 amide bonds. The van der Waals surface area contributed by atoms with E-state index in [1.54, 1.807) is 19.1 Å².